The highest BCUT2D eigenvalue weighted by molar-refractivity contribution is 7.92. The molecule has 0 radical (unpaired) electrons. The SMILES string of the molecule is CC(N)C1CCCCN1C(=O)c1ccc(S(=O)(=O)C(F)(F)F)cc1. The number of piperidine rings is 1. The Kier molecular flexibility index (Phi) is 5.24. The van der Waals surface area contributed by atoms with Gasteiger partial charge in [0.15, 0.2) is 0 Å². The Morgan fingerprint density at radius 3 is 2.33 bits per heavy atom. The summed E-state index contributed by atoms with van der Waals surface area (Å²) in [6.45, 7) is 2.32. The molecule has 2 N–H and O–H groups in total. The quantitative estimate of drug-likeness (QED) is 0.893. The average Bonchev–Trinajstić information content (AvgIpc) is 2.53. The van der Waals surface area contributed by atoms with Crippen molar-refractivity contribution < 1.29 is 26.4 Å². The molecule has 1 amide bonds. The number of amides is 1. The first-order valence-corrected chi connectivity index (χ1v) is 9.02. The summed E-state index contributed by atoms with van der Waals surface area (Å²) in [6, 6.07) is 3.47. The lowest BCUT2D eigenvalue weighted by molar-refractivity contribution is -0.0436. The molecule has 1 aromatic rings. The molecule has 0 spiro atoms. The molecule has 1 aliphatic rings. The van der Waals surface area contributed by atoms with E-state index >= 15 is 0 Å². The van der Waals surface area contributed by atoms with E-state index in [1.54, 1.807) is 11.8 Å². The molecule has 0 aromatic heterocycles. The van der Waals surface area contributed by atoms with Gasteiger partial charge < -0.3 is 10.6 Å². The van der Waals surface area contributed by atoms with Crippen LogP contribution >= 0.6 is 0 Å². The largest absolute Gasteiger partial charge is 0.501 e. The third-order valence-corrected chi connectivity index (χ3v) is 5.64. The molecule has 1 aliphatic heterocycles. The second kappa shape index (κ2) is 6.72. The van der Waals surface area contributed by atoms with E-state index in [1.165, 1.54) is 0 Å². The zero-order valence-corrected chi connectivity index (χ0v) is 13.9. The van der Waals surface area contributed by atoms with Gasteiger partial charge in [0.05, 0.1) is 4.90 Å². The number of rotatable bonds is 3. The number of carbonyl (C=O) groups excluding carboxylic acids is 1. The van der Waals surface area contributed by atoms with Gasteiger partial charge in [-0.1, -0.05) is 0 Å². The number of nitrogens with zero attached hydrogens (tertiary/aromatic N) is 1. The zero-order valence-electron chi connectivity index (χ0n) is 13.1. The molecule has 2 atom stereocenters. The molecule has 134 valence electrons. The normalized spacial score (nSPS) is 20.7. The van der Waals surface area contributed by atoms with Gasteiger partial charge in [-0.15, -0.1) is 0 Å². The summed E-state index contributed by atoms with van der Waals surface area (Å²) in [4.78, 5) is 13.3. The first-order valence-electron chi connectivity index (χ1n) is 7.53. The van der Waals surface area contributed by atoms with E-state index in [1.807, 2.05) is 0 Å². The van der Waals surface area contributed by atoms with Crippen molar-refractivity contribution >= 4 is 15.7 Å². The van der Waals surface area contributed by atoms with Gasteiger partial charge in [0, 0.05) is 24.2 Å². The van der Waals surface area contributed by atoms with E-state index in [-0.39, 0.29) is 23.6 Å². The summed E-state index contributed by atoms with van der Waals surface area (Å²) in [6.07, 6.45) is 2.55. The Morgan fingerprint density at radius 1 is 1.25 bits per heavy atom. The number of carbonyl (C=O) groups is 1. The third kappa shape index (κ3) is 3.56. The van der Waals surface area contributed by atoms with Crippen molar-refractivity contribution in [2.24, 2.45) is 5.73 Å². The fourth-order valence-electron chi connectivity index (χ4n) is 2.83. The summed E-state index contributed by atoms with van der Waals surface area (Å²) in [5.41, 5.74) is 0.677. The summed E-state index contributed by atoms with van der Waals surface area (Å²) in [5, 5.41) is 0. The minimum absolute atomic E-state index is 0.134. The Hall–Kier alpha value is -1.61. The lowest BCUT2D eigenvalue weighted by Crippen LogP contribution is -2.51. The van der Waals surface area contributed by atoms with Crippen LogP contribution in [0.3, 0.4) is 0 Å². The van der Waals surface area contributed by atoms with Crippen LogP contribution in [0, 0.1) is 0 Å². The van der Waals surface area contributed by atoms with Crippen molar-refractivity contribution in [2.45, 2.75) is 48.7 Å². The van der Waals surface area contributed by atoms with Gasteiger partial charge in [-0.25, -0.2) is 8.42 Å². The monoisotopic (exact) mass is 364 g/mol. The predicted octanol–water partition coefficient (Wildman–Crippen LogP) is 2.32. The van der Waals surface area contributed by atoms with Crippen LogP contribution in [-0.4, -0.2) is 43.4 Å². The topological polar surface area (TPSA) is 80.5 Å². The highest BCUT2D eigenvalue weighted by Gasteiger charge is 2.46. The van der Waals surface area contributed by atoms with Gasteiger partial charge in [-0.3, -0.25) is 4.79 Å². The number of alkyl halides is 3. The molecule has 0 saturated carbocycles. The maximum atomic E-state index is 12.6. The van der Waals surface area contributed by atoms with Gasteiger partial charge in [-0.2, -0.15) is 13.2 Å². The van der Waals surface area contributed by atoms with Crippen LogP contribution in [0.25, 0.3) is 0 Å². The molecule has 1 heterocycles. The second-order valence-corrected chi connectivity index (χ2v) is 7.84. The highest BCUT2D eigenvalue weighted by atomic mass is 32.2. The number of hydrogen-bond donors (Lipinski definition) is 1. The van der Waals surface area contributed by atoms with Crippen LogP contribution in [-0.2, 0) is 9.84 Å². The van der Waals surface area contributed by atoms with E-state index in [9.17, 15) is 26.4 Å². The molecular formula is C15H19F3N2O3S. The van der Waals surface area contributed by atoms with Crippen LogP contribution in [0.5, 0.6) is 0 Å². The molecule has 1 saturated heterocycles. The number of sulfone groups is 1. The Bertz CT molecular complexity index is 700. The number of hydrogen-bond acceptors (Lipinski definition) is 4. The molecule has 9 heteroatoms. The summed E-state index contributed by atoms with van der Waals surface area (Å²) >= 11 is 0. The molecular weight excluding hydrogens is 345 g/mol. The van der Waals surface area contributed by atoms with Gasteiger partial charge in [0.25, 0.3) is 15.7 Å². The van der Waals surface area contributed by atoms with Crippen molar-refractivity contribution in [3.05, 3.63) is 29.8 Å². The molecule has 1 fully saturated rings. The van der Waals surface area contributed by atoms with Crippen LogP contribution < -0.4 is 5.73 Å². The number of halogens is 3. The van der Waals surface area contributed by atoms with Crippen molar-refractivity contribution in [1.29, 1.82) is 0 Å². The van der Waals surface area contributed by atoms with Crippen LogP contribution in [0.2, 0.25) is 0 Å². The van der Waals surface area contributed by atoms with Gasteiger partial charge in [-0.05, 0) is 50.5 Å². The molecule has 0 aliphatic carbocycles. The number of benzene rings is 1. The van der Waals surface area contributed by atoms with Crippen LogP contribution in [0.4, 0.5) is 13.2 Å². The molecule has 5 nitrogen and oxygen atoms in total. The molecule has 1 aromatic carbocycles. The first-order chi connectivity index (χ1) is 11.1. The van der Waals surface area contributed by atoms with Gasteiger partial charge >= 0.3 is 5.51 Å². The first kappa shape index (κ1) is 18.7. The average molecular weight is 364 g/mol. The predicted molar refractivity (Wildman–Crippen MR) is 82.0 cm³/mol. The van der Waals surface area contributed by atoms with Gasteiger partial charge in [0.1, 0.15) is 0 Å². The lowest BCUT2D eigenvalue weighted by atomic mass is 9.96. The fourth-order valence-corrected chi connectivity index (χ4v) is 3.59. The van der Waals surface area contributed by atoms with Crippen LogP contribution in [0.1, 0.15) is 36.5 Å². The van der Waals surface area contributed by atoms with Crippen molar-refractivity contribution in [3.63, 3.8) is 0 Å². The molecule has 0 bridgehead atoms. The minimum Gasteiger partial charge on any atom is -0.334 e. The Labute approximate surface area is 138 Å². The smallest absolute Gasteiger partial charge is 0.334 e. The second-order valence-electron chi connectivity index (χ2n) is 5.89. The van der Waals surface area contributed by atoms with E-state index in [2.05, 4.69) is 0 Å². The fraction of sp³-hybridized carbons (Fsp3) is 0.533. The molecule has 2 unspecified atom stereocenters. The van der Waals surface area contributed by atoms with Crippen molar-refractivity contribution in [2.75, 3.05) is 6.54 Å². The third-order valence-electron chi connectivity index (χ3n) is 4.13. The van der Waals surface area contributed by atoms with Crippen molar-refractivity contribution in [1.82, 2.24) is 4.90 Å². The highest BCUT2D eigenvalue weighted by Crippen LogP contribution is 2.30. The summed E-state index contributed by atoms with van der Waals surface area (Å²) in [7, 11) is -5.41. The van der Waals surface area contributed by atoms with E-state index < -0.39 is 20.2 Å². The van der Waals surface area contributed by atoms with E-state index in [4.69, 9.17) is 5.73 Å². The van der Waals surface area contributed by atoms with E-state index in [0.29, 0.717) is 6.54 Å². The maximum absolute atomic E-state index is 12.6. The van der Waals surface area contributed by atoms with Gasteiger partial charge in [0.2, 0.25) is 0 Å². The molecule has 24 heavy (non-hydrogen) atoms. The Balaban J connectivity index is 2.26. The zero-order chi connectivity index (χ0) is 18.1. The lowest BCUT2D eigenvalue weighted by Gasteiger charge is -2.38. The Morgan fingerprint density at radius 2 is 1.83 bits per heavy atom. The maximum Gasteiger partial charge on any atom is 0.501 e. The van der Waals surface area contributed by atoms with Crippen molar-refractivity contribution in [3.8, 4) is 0 Å². The number of likely N-dealkylation sites (tertiary alicyclic amines) is 1. The summed E-state index contributed by atoms with van der Waals surface area (Å²) < 4.78 is 60.3. The molecule has 2 rings (SSSR count). The van der Waals surface area contributed by atoms with Crippen LogP contribution in [0.15, 0.2) is 29.2 Å². The van der Waals surface area contributed by atoms with E-state index in [0.717, 1.165) is 43.5 Å². The number of nitrogens with two attached hydrogens (primary N) is 1. The minimum atomic E-state index is -5.41. The summed E-state index contributed by atoms with van der Waals surface area (Å²) in [5.74, 6) is -0.354. The standard InChI is InChI=1S/C15H19F3N2O3S/c1-10(19)13-4-2-3-9-20(13)14(21)11-5-7-12(8-6-11)24(22,23)15(16,17)18/h5-8,10,13H,2-4,9,19H2,1H3.